The van der Waals surface area contributed by atoms with Crippen LogP contribution in [0.5, 0.6) is 0 Å². The number of hydrogen-bond donors (Lipinski definition) is 2. The van der Waals surface area contributed by atoms with Gasteiger partial charge in [0.05, 0.1) is 6.61 Å². The van der Waals surface area contributed by atoms with E-state index in [1.807, 2.05) is 32.9 Å². The number of aryl methyl sites for hydroxylation is 1. The van der Waals surface area contributed by atoms with E-state index in [1.165, 1.54) is 0 Å². The molecule has 170 valence electrons. The fourth-order valence-electron chi connectivity index (χ4n) is 3.58. The fraction of sp³-hybridized carbons (Fsp3) is 0.375. The van der Waals surface area contributed by atoms with Gasteiger partial charge in [-0.25, -0.2) is 0 Å². The van der Waals surface area contributed by atoms with Gasteiger partial charge in [-0.2, -0.15) is 0 Å². The normalized spacial score (nSPS) is 14.9. The van der Waals surface area contributed by atoms with Crippen molar-refractivity contribution in [2.75, 3.05) is 30.0 Å². The molecular weight excluding hydrogens is 430 g/mol. The fourth-order valence-corrected chi connectivity index (χ4v) is 3.71. The quantitative estimate of drug-likeness (QED) is 0.662. The molecule has 7 nitrogen and oxygen atoms in total. The minimum Gasteiger partial charge on any atom is -0.370 e. The molecule has 1 saturated heterocycles. The molecule has 1 atom stereocenters. The summed E-state index contributed by atoms with van der Waals surface area (Å²) in [7, 11) is 0. The van der Waals surface area contributed by atoms with E-state index in [-0.39, 0.29) is 30.2 Å². The Hall–Kier alpha value is -2.90. The Kier molecular flexibility index (Phi) is 7.88. The lowest BCUT2D eigenvalue weighted by Gasteiger charge is -2.28. The molecule has 0 aromatic heterocycles. The predicted molar refractivity (Wildman–Crippen MR) is 125 cm³/mol. The van der Waals surface area contributed by atoms with Crippen LogP contribution in [0.15, 0.2) is 42.5 Å². The minimum absolute atomic E-state index is 0.0716. The molecular formula is C24H28ClN3O4. The maximum atomic E-state index is 13.0. The third-order valence-electron chi connectivity index (χ3n) is 5.18. The molecule has 32 heavy (non-hydrogen) atoms. The highest BCUT2D eigenvalue weighted by atomic mass is 35.5. The van der Waals surface area contributed by atoms with Gasteiger partial charge in [0.1, 0.15) is 12.6 Å². The summed E-state index contributed by atoms with van der Waals surface area (Å²) >= 11 is 5.89. The molecule has 1 aliphatic heterocycles. The van der Waals surface area contributed by atoms with Crippen molar-refractivity contribution in [3.8, 4) is 0 Å². The second-order valence-corrected chi connectivity index (χ2v) is 8.69. The summed E-state index contributed by atoms with van der Waals surface area (Å²) in [4.78, 5) is 39.4. The highest BCUT2D eigenvalue weighted by molar-refractivity contribution is 6.30. The smallest absolute Gasteiger partial charge is 0.253 e. The summed E-state index contributed by atoms with van der Waals surface area (Å²) in [5.74, 6) is -0.513. The monoisotopic (exact) mass is 457 g/mol. The molecule has 2 aromatic rings. The number of amides is 3. The Balaban J connectivity index is 1.71. The van der Waals surface area contributed by atoms with Crippen LogP contribution in [0.3, 0.4) is 0 Å². The summed E-state index contributed by atoms with van der Waals surface area (Å²) in [6.45, 7) is 6.94. The lowest BCUT2D eigenvalue weighted by molar-refractivity contribution is -0.125. The van der Waals surface area contributed by atoms with Crippen molar-refractivity contribution < 1.29 is 19.1 Å². The van der Waals surface area contributed by atoms with Gasteiger partial charge in [0.25, 0.3) is 11.8 Å². The lowest BCUT2D eigenvalue weighted by atomic mass is 10.0. The zero-order valence-electron chi connectivity index (χ0n) is 18.5. The zero-order valence-corrected chi connectivity index (χ0v) is 19.2. The van der Waals surface area contributed by atoms with E-state index < -0.39 is 6.04 Å². The summed E-state index contributed by atoms with van der Waals surface area (Å²) < 4.78 is 5.19. The maximum absolute atomic E-state index is 13.0. The number of benzene rings is 2. The SMILES string of the molecule is Cc1cc(NC(=O)C(CC(C)C)NC(=O)c2ccc(Cl)cc2)ccc1N1CCOCC1=O. The van der Waals surface area contributed by atoms with Crippen molar-refractivity contribution in [3.05, 3.63) is 58.6 Å². The summed E-state index contributed by atoms with van der Waals surface area (Å²) in [6, 6.07) is 11.2. The number of anilines is 2. The molecule has 1 heterocycles. The molecule has 1 aliphatic rings. The van der Waals surface area contributed by atoms with E-state index in [0.717, 1.165) is 11.3 Å². The van der Waals surface area contributed by atoms with Crippen LogP contribution in [-0.2, 0) is 14.3 Å². The highest BCUT2D eigenvalue weighted by Gasteiger charge is 2.24. The first-order chi connectivity index (χ1) is 15.2. The van der Waals surface area contributed by atoms with Crippen LogP contribution in [0, 0.1) is 12.8 Å². The van der Waals surface area contributed by atoms with Crippen LogP contribution in [0.2, 0.25) is 5.02 Å². The highest BCUT2D eigenvalue weighted by Crippen LogP contribution is 2.25. The van der Waals surface area contributed by atoms with Crippen molar-refractivity contribution in [1.29, 1.82) is 0 Å². The molecule has 8 heteroatoms. The number of morpholine rings is 1. The number of halogens is 1. The first-order valence-corrected chi connectivity index (χ1v) is 11.0. The number of nitrogens with one attached hydrogen (secondary N) is 2. The predicted octanol–water partition coefficient (Wildman–Crippen LogP) is 3.79. The Morgan fingerprint density at radius 1 is 1.16 bits per heavy atom. The van der Waals surface area contributed by atoms with Crippen LogP contribution in [0.4, 0.5) is 11.4 Å². The standard InChI is InChI=1S/C24H28ClN3O4/c1-15(2)12-20(27-23(30)17-4-6-18(25)7-5-17)24(31)26-19-8-9-21(16(3)13-19)28-10-11-32-14-22(28)29/h4-9,13,15,20H,10-12,14H2,1-3H3,(H,26,31)(H,27,30). The zero-order chi connectivity index (χ0) is 23.3. The van der Waals surface area contributed by atoms with Crippen LogP contribution in [0.1, 0.15) is 36.2 Å². The lowest BCUT2D eigenvalue weighted by Crippen LogP contribution is -2.44. The third kappa shape index (κ3) is 6.08. The van der Waals surface area contributed by atoms with Crippen molar-refractivity contribution in [3.63, 3.8) is 0 Å². The van der Waals surface area contributed by atoms with Gasteiger partial charge in [-0.05, 0) is 67.3 Å². The van der Waals surface area contributed by atoms with Crippen LogP contribution in [0.25, 0.3) is 0 Å². The van der Waals surface area contributed by atoms with Gasteiger partial charge in [0.15, 0.2) is 0 Å². The molecule has 0 spiro atoms. The van der Waals surface area contributed by atoms with Gasteiger partial charge < -0.3 is 20.3 Å². The van der Waals surface area contributed by atoms with E-state index in [4.69, 9.17) is 16.3 Å². The van der Waals surface area contributed by atoms with Crippen LogP contribution in [-0.4, -0.2) is 43.5 Å². The third-order valence-corrected chi connectivity index (χ3v) is 5.43. The number of hydrogen-bond acceptors (Lipinski definition) is 4. The van der Waals surface area contributed by atoms with E-state index in [9.17, 15) is 14.4 Å². The van der Waals surface area contributed by atoms with E-state index >= 15 is 0 Å². The van der Waals surface area contributed by atoms with Crippen molar-refractivity contribution >= 4 is 40.7 Å². The largest absolute Gasteiger partial charge is 0.370 e. The number of rotatable bonds is 7. The van der Waals surface area contributed by atoms with Gasteiger partial charge in [0.2, 0.25) is 5.91 Å². The average molecular weight is 458 g/mol. The molecule has 2 aromatic carbocycles. The second kappa shape index (κ2) is 10.6. The first kappa shape index (κ1) is 23.8. The topological polar surface area (TPSA) is 87.7 Å². The Morgan fingerprint density at radius 2 is 1.88 bits per heavy atom. The van der Waals surface area contributed by atoms with Crippen molar-refractivity contribution in [2.24, 2.45) is 5.92 Å². The molecule has 0 saturated carbocycles. The van der Waals surface area contributed by atoms with E-state index in [0.29, 0.717) is 35.8 Å². The van der Waals surface area contributed by atoms with Crippen LogP contribution < -0.4 is 15.5 Å². The molecule has 3 rings (SSSR count). The van der Waals surface area contributed by atoms with E-state index in [1.54, 1.807) is 35.2 Å². The molecule has 0 bridgehead atoms. The number of carbonyl (C=O) groups excluding carboxylic acids is 3. The van der Waals surface area contributed by atoms with Gasteiger partial charge >= 0.3 is 0 Å². The molecule has 3 amide bonds. The Labute approximate surface area is 193 Å². The van der Waals surface area contributed by atoms with Gasteiger partial charge in [-0.15, -0.1) is 0 Å². The average Bonchev–Trinajstić information content (AvgIpc) is 2.74. The minimum atomic E-state index is -0.695. The Bertz CT molecular complexity index is 991. The van der Waals surface area contributed by atoms with Gasteiger partial charge in [0, 0.05) is 28.5 Å². The van der Waals surface area contributed by atoms with Crippen molar-refractivity contribution in [1.82, 2.24) is 5.32 Å². The summed E-state index contributed by atoms with van der Waals surface area (Å²) in [6.07, 6.45) is 0.491. The molecule has 0 aliphatic carbocycles. The summed E-state index contributed by atoms with van der Waals surface area (Å²) in [5.41, 5.74) is 2.70. The van der Waals surface area contributed by atoms with Gasteiger partial charge in [-0.3, -0.25) is 14.4 Å². The molecule has 1 unspecified atom stereocenters. The second-order valence-electron chi connectivity index (χ2n) is 8.25. The van der Waals surface area contributed by atoms with Crippen LogP contribution >= 0.6 is 11.6 Å². The summed E-state index contributed by atoms with van der Waals surface area (Å²) in [5, 5.41) is 6.26. The number of carbonyl (C=O) groups is 3. The van der Waals surface area contributed by atoms with Crippen molar-refractivity contribution in [2.45, 2.75) is 33.2 Å². The first-order valence-electron chi connectivity index (χ1n) is 10.6. The molecule has 2 N–H and O–H groups in total. The number of ether oxygens (including phenoxy) is 1. The molecule has 0 radical (unpaired) electrons. The van der Waals surface area contributed by atoms with Gasteiger partial charge in [-0.1, -0.05) is 25.4 Å². The maximum Gasteiger partial charge on any atom is 0.253 e. The molecule has 1 fully saturated rings. The number of nitrogens with zero attached hydrogens (tertiary/aromatic N) is 1. The van der Waals surface area contributed by atoms with E-state index in [2.05, 4.69) is 10.6 Å². The Morgan fingerprint density at radius 3 is 2.50 bits per heavy atom.